The van der Waals surface area contributed by atoms with Crippen LogP contribution < -0.4 is 0 Å². The quantitative estimate of drug-likeness (QED) is 0.803. The van der Waals surface area contributed by atoms with Gasteiger partial charge < -0.3 is 14.7 Å². The van der Waals surface area contributed by atoms with Crippen LogP contribution in [0.2, 0.25) is 0 Å². The highest BCUT2D eigenvalue weighted by molar-refractivity contribution is 5.83. The van der Waals surface area contributed by atoms with Crippen LogP contribution in [0.3, 0.4) is 0 Å². The number of hydrogen-bond acceptors (Lipinski definition) is 3. The molecule has 5 heteroatoms. The minimum atomic E-state index is -0.819. The third-order valence-electron chi connectivity index (χ3n) is 4.16. The number of carboxylic acids is 1. The number of aliphatic carboxylic acids is 1. The van der Waals surface area contributed by atoms with Gasteiger partial charge in [-0.2, -0.15) is 0 Å². The summed E-state index contributed by atoms with van der Waals surface area (Å²) in [6.07, 6.45) is 1.91. The van der Waals surface area contributed by atoms with Gasteiger partial charge in [-0.15, -0.1) is 0 Å². The molecule has 3 atom stereocenters. The number of ether oxygens (including phenoxy) is 1. The van der Waals surface area contributed by atoms with Crippen molar-refractivity contribution in [3.05, 3.63) is 0 Å². The molecule has 0 radical (unpaired) electrons. The molecule has 18 heavy (non-hydrogen) atoms. The smallest absolute Gasteiger partial charge is 0.311 e. The fourth-order valence-electron chi connectivity index (χ4n) is 2.79. The molecular formula is C13H21NO4. The molecule has 102 valence electrons. The van der Waals surface area contributed by atoms with Gasteiger partial charge in [0.15, 0.2) is 0 Å². The molecular weight excluding hydrogens is 234 g/mol. The highest BCUT2D eigenvalue weighted by Crippen LogP contribution is 2.31. The highest BCUT2D eigenvalue weighted by Gasteiger charge is 2.42. The van der Waals surface area contributed by atoms with Gasteiger partial charge in [0.05, 0.1) is 5.41 Å². The van der Waals surface area contributed by atoms with Crippen molar-refractivity contribution in [2.24, 2.45) is 11.3 Å². The highest BCUT2D eigenvalue weighted by atomic mass is 16.5. The summed E-state index contributed by atoms with van der Waals surface area (Å²) in [7, 11) is 0. The number of carboxylic acid groups (broad SMARTS) is 1. The molecule has 2 fully saturated rings. The van der Waals surface area contributed by atoms with Crippen LogP contribution in [-0.4, -0.2) is 47.7 Å². The molecule has 0 aromatic carbocycles. The van der Waals surface area contributed by atoms with Crippen molar-refractivity contribution in [1.82, 2.24) is 4.90 Å². The van der Waals surface area contributed by atoms with Crippen molar-refractivity contribution in [3.8, 4) is 0 Å². The van der Waals surface area contributed by atoms with Crippen LogP contribution >= 0.6 is 0 Å². The molecule has 1 amide bonds. The SMILES string of the molecule is CC1CCOC1C(=O)N1CCCC(C)(C(=O)O)C1. The average Bonchev–Trinajstić information content (AvgIpc) is 2.74. The third kappa shape index (κ3) is 2.36. The lowest BCUT2D eigenvalue weighted by Gasteiger charge is -2.38. The van der Waals surface area contributed by atoms with Crippen molar-refractivity contribution >= 4 is 11.9 Å². The monoisotopic (exact) mass is 255 g/mol. The van der Waals surface area contributed by atoms with Crippen LogP contribution in [0.4, 0.5) is 0 Å². The summed E-state index contributed by atoms with van der Waals surface area (Å²) in [5, 5.41) is 9.25. The molecule has 0 spiro atoms. The molecule has 0 aromatic heterocycles. The number of carbonyl (C=O) groups excluding carboxylic acids is 1. The lowest BCUT2D eigenvalue weighted by atomic mass is 9.81. The lowest BCUT2D eigenvalue weighted by Crippen LogP contribution is -2.51. The summed E-state index contributed by atoms with van der Waals surface area (Å²) >= 11 is 0. The van der Waals surface area contributed by atoms with Crippen molar-refractivity contribution in [3.63, 3.8) is 0 Å². The molecule has 0 aromatic rings. The first-order valence-electron chi connectivity index (χ1n) is 6.58. The maximum Gasteiger partial charge on any atom is 0.311 e. The molecule has 0 bridgehead atoms. The van der Waals surface area contributed by atoms with E-state index in [0.717, 1.165) is 12.8 Å². The molecule has 0 saturated carbocycles. The van der Waals surface area contributed by atoms with E-state index in [9.17, 15) is 14.7 Å². The minimum Gasteiger partial charge on any atom is -0.481 e. The Morgan fingerprint density at radius 3 is 2.72 bits per heavy atom. The molecule has 5 nitrogen and oxygen atoms in total. The van der Waals surface area contributed by atoms with Crippen molar-refractivity contribution in [1.29, 1.82) is 0 Å². The third-order valence-corrected chi connectivity index (χ3v) is 4.16. The normalized spacial score (nSPS) is 36.7. The van der Waals surface area contributed by atoms with Gasteiger partial charge in [0.25, 0.3) is 5.91 Å². The average molecular weight is 255 g/mol. The number of amides is 1. The van der Waals surface area contributed by atoms with E-state index in [1.54, 1.807) is 11.8 Å². The summed E-state index contributed by atoms with van der Waals surface area (Å²) in [6.45, 7) is 5.30. The topological polar surface area (TPSA) is 66.8 Å². The second-order valence-corrected chi connectivity index (χ2v) is 5.79. The van der Waals surface area contributed by atoms with Gasteiger partial charge in [-0.05, 0) is 32.1 Å². The zero-order valence-corrected chi connectivity index (χ0v) is 11.0. The Hall–Kier alpha value is -1.10. The number of nitrogens with zero attached hydrogens (tertiary/aromatic N) is 1. The van der Waals surface area contributed by atoms with Crippen molar-refractivity contribution in [2.45, 2.75) is 39.2 Å². The van der Waals surface area contributed by atoms with Crippen molar-refractivity contribution < 1.29 is 19.4 Å². The second kappa shape index (κ2) is 4.88. The molecule has 2 aliphatic rings. The molecule has 1 N–H and O–H groups in total. The Bertz CT molecular complexity index is 357. The van der Waals surface area contributed by atoms with E-state index in [-0.39, 0.29) is 17.9 Å². The summed E-state index contributed by atoms with van der Waals surface area (Å²) in [6, 6.07) is 0. The van der Waals surface area contributed by atoms with Gasteiger partial charge in [0, 0.05) is 19.7 Å². The van der Waals surface area contributed by atoms with Crippen LogP contribution in [0, 0.1) is 11.3 Å². The largest absolute Gasteiger partial charge is 0.481 e. The van der Waals surface area contributed by atoms with Gasteiger partial charge in [0.1, 0.15) is 6.10 Å². The summed E-state index contributed by atoms with van der Waals surface area (Å²) in [4.78, 5) is 25.3. The van der Waals surface area contributed by atoms with Gasteiger partial charge in [-0.3, -0.25) is 9.59 Å². The number of hydrogen-bond donors (Lipinski definition) is 1. The van der Waals surface area contributed by atoms with E-state index in [4.69, 9.17) is 4.74 Å². The molecule has 3 unspecified atom stereocenters. The second-order valence-electron chi connectivity index (χ2n) is 5.79. The van der Waals surface area contributed by atoms with E-state index in [2.05, 4.69) is 0 Å². The van der Waals surface area contributed by atoms with Gasteiger partial charge >= 0.3 is 5.97 Å². The molecule has 2 heterocycles. The molecule has 2 aliphatic heterocycles. The Morgan fingerprint density at radius 1 is 1.44 bits per heavy atom. The fraction of sp³-hybridized carbons (Fsp3) is 0.846. The van der Waals surface area contributed by atoms with E-state index < -0.39 is 11.4 Å². The minimum absolute atomic E-state index is 0.0350. The summed E-state index contributed by atoms with van der Waals surface area (Å²) in [5.41, 5.74) is -0.810. The summed E-state index contributed by atoms with van der Waals surface area (Å²) < 4.78 is 5.47. The van der Waals surface area contributed by atoms with Crippen LogP contribution in [0.5, 0.6) is 0 Å². The molecule has 0 aliphatic carbocycles. The summed E-state index contributed by atoms with van der Waals surface area (Å²) in [5.74, 6) is -0.622. The van der Waals surface area contributed by atoms with E-state index in [1.807, 2.05) is 6.92 Å². The maximum absolute atomic E-state index is 12.3. The number of rotatable bonds is 2. The predicted molar refractivity (Wildman–Crippen MR) is 65.1 cm³/mol. The Morgan fingerprint density at radius 2 is 2.17 bits per heavy atom. The first kappa shape index (κ1) is 13.3. The zero-order valence-electron chi connectivity index (χ0n) is 11.0. The molecule has 2 saturated heterocycles. The first-order chi connectivity index (χ1) is 8.44. The maximum atomic E-state index is 12.3. The van der Waals surface area contributed by atoms with Crippen LogP contribution in [0.15, 0.2) is 0 Å². The van der Waals surface area contributed by atoms with E-state index in [0.29, 0.717) is 26.1 Å². The zero-order chi connectivity index (χ0) is 13.3. The first-order valence-corrected chi connectivity index (χ1v) is 6.58. The molecule has 2 rings (SSSR count). The Labute approximate surface area is 107 Å². The van der Waals surface area contributed by atoms with Crippen LogP contribution in [0.1, 0.15) is 33.1 Å². The van der Waals surface area contributed by atoms with Crippen LogP contribution in [0.25, 0.3) is 0 Å². The Kier molecular flexibility index (Phi) is 3.61. The fourth-order valence-corrected chi connectivity index (χ4v) is 2.79. The number of likely N-dealkylation sites (tertiary alicyclic amines) is 1. The van der Waals surface area contributed by atoms with E-state index in [1.165, 1.54) is 0 Å². The predicted octanol–water partition coefficient (Wildman–Crippen LogP) is 1.12. The van der Waals surface area contributed by atoms with Gasteiger partial charge in [-0.25, -0.2) is 0 Å². The number of piperidine rings is 1. The lowest BCUT2D eigenvalue weighted by molar-refractivity contribution is -0.156. The Balaban J connectivity index is 2.05. The van der Waals surface area contributed by atoms with E-state index >= 15 is 0 Å². The van der Waals surface area contributed by atoms with Crippen molar-refractivity contribution in [2.75, 3.05) is 19.7 Å². The van der Waals surface area contributed by atoms with Crippen LogP contribution in [-0.2, 0) is 14.3 Å². The van der Waals surface area contributed by atoms with Gasteiger partial charge in [0.2, 0.25) is 0 Å². The standard InChI is InChI=1S/C13H21NO4/c1-9-4-7-18-10(9)11(15)14-6-3-5-13(2,8-14)12(16)17/h9-10H,3-8H2,1-2H3,(H,16,17). The number of carbonyl (C=O) groups is 2. The van der Waals surface area contributed by atoms with Gasteiger partial charge in [-0.1, -0.05) is 6.92 Å².